The summed E-state index contributed by atoms with van der Waals surface area (Å²) in [6.07, 6.45) is 2.11. The van der Waals surface area contributed by atoms with E-state index in [2.05, 4.69) is 26.3 Å². The van der Waals surface area contributed by atoms with Crippen molar-refractivity contribution in [3.63, 3.8) is 0 Å². The zero-order valence-corrected chi connectivity index (χ0v) is 32.1. The highest BCUT2D eigenvalue weighted by atomic mass is 33.1. The van der Waals surface area contributed by atoms with Gasteiger partial charge in [0.1, 0.15) is 29.9 Å². The van der Waals surface area contributed by atoms with Crippen LogP contribution in [0.2, 0.25) is 0 Å². The molecule has 3 aromatic rings. The first kappa shape index (κ1) is 41.7. The zero-order valence-electron chi connectivity index (χ0n) is 30.4. The van der Waals surface area contributed by atoms with E-state index in [0.717, 1.165) is 16.5 Å². The molecule has 4 amide bonds. The number of unbranched alkanes of at least 4 members (excludes halogenated alkanes) is 1. The molecule has 7 atom stereocenters. The van der Waals surface area contributed by atoms with Gasteiger partial charge in [-0.1, -0.05) is 65.8 Å². The Bertz CT molecular complexity index is 1700. The van der Waals surface area contributed by atoms with Crippen LogP contribution in [0.3, 0.4) is 0 Å². The number of para-hydroxylation sites is 1. The summed E-state index contributed by atoms with van der Waals surface area (Å²) in [7, 11) is 3.00. The first-order valence-electron chi connectivity index (χ1n) is 18.1. The molecule has 288 valence electrons. The summed E-state index contributed by atoms with van der Waals surface area (Å²) in [5.74, 6) is -2.03. The van der Waals surface area contributed by atoms with Gasteiger partial charge in [-0.25, -0.2) is 0 Å². The van der Waals surface area contributed by atoms with Crippen LogP contribution in [0.15, 0.2) is 54.7 Å². The van der Waals surface area contributed by atoms with Crippen LogP contribution in [0, 0.1) is 11.8 Å². The average Bonchev–Trinajstić information content (AvgIpc) is 3.53. The third-order valence-electron chi connectivity index (χ3n) is 9.20. The highest BCUT2D eigenvalue weighted by molar-refractivity contribution is 8.76. The van der Waals surface area contributed by atoms with Gasteiger partial charge < -0.3 is 42.2 Å². The van der Waals surface area contributed by atoms with Crippen molar-refractivity contribution in [3.05, 3.63) is 65.9 Å². The molecule has 0 aliphatic carbocycles. The van der Waals surface area contributed by atoms with Crippen LogP contribution < -0.4 is 27.0 Å². The molecule has 2 heterocycles. The smallest absolute Gasteiger partial charge is 0.243 e. The van der Waals surface area contributed by atoms with Crippen LogP contribution >= 0.6 is 21.6 Å². The second-order valence-electron chi connectivity index (χ2n) is 13.9. The minimum Gasteiger partial charge on any atom is -0.508 e. The zero-order chi connectivity index (χ0) is 38.5. The maximum Gasteiger partial charge on any atom is 0.243 e. The van der Waals surface area contributed by atoms with Crippen molar-refractivity contribution >= 4 is 61.9 Å². The van der Waals surface area contributed by atoms with Crippen LogP contribution in [0.4, 0.5) is 0 Å². The van der Waals surface area contributed by atoms with E-state index in [1.807, 2.05) is 31.2 Å². The first-order valence-corrected chi connectivity index (χ1v) is 20.5. The molecule has 53 heavy (non-hydrogen) atoms. The number of ketones is 1. The number of rotatable bonds is 9. The van der Waals surface area contributed by atoms with E-state index in [4.69, 9.17) is 5.73 Å². The Hall–Kier alpha value is -4.05. The van der Waals surface area contributed by atoms with Crippen LogP contribution in [-0.4, -0.2) is 92.9 Å². The van der Waals surface area contributed by atoms with E-state index >= 15 is 0 Å². The average molecular weight is 769 g/mol. The predicted octanol–water partition coefficient (Wildman–Crippen LogP) is 2.73. The molecule has 0 spiro atoms. The number of amides is 4. The van der Waals surface area contributed by atoms with Crippen LogP contribution in [0.1, 0.15) is 57.6 Å². The lowest BCUT2D eigenvalue weighted by atomic mass is 9.97. The third kappa shape index (κ3) is 12.5. The number of phenolic OH excluding ortho intramolecular Hbond substituents is 1. The van der Waals surface area contributed by atoms with E-state index in [9.17, 15) is 34.2 Å². The Morgan fingerprint density at radius 3 is 2.11 bits per heavy atom. The van der Waals surface area contributed by atoms with Crippen LogP contribution in [0.5, 0.6) is 5.75 Å². The Balaban J connectivity index is 1.71. The summed E-state index contributed by atoms with van der Waals surface area (Å²) < 4.78 is 0. The molecule has 4 rings (SSSR count). The topological polar surface area (TPSA) is 216 Å². The van der Waals surface area contributed by atoms with Crippen molar-refractivity contribution in [2.45, 2.75) is 89.6 Å². The Morgan fingerprint density at radius 2 is 1.42 bits per heavy atom. The summed E-state index contributed by atoms with van der Waals surface area (Å²) >= 11 is 0. The molecule has 4 unspecified atom stereocenters. The number of H-pyrrole nitrogens is 1. The van der Waals surface area contributed by atoms with E-state index in [-0.39, 0.29) is 49.0 Å². The second-order valence-corrected chi connectivity index (χ2v) is 16.4. The molecule has 0 saturated carbocycles. The quantitative estimate of drug-likeness (QED) is 0.118. The Morgan fingerprint density at radius 1 is 0.792 bits per heavy atom. The second kappa shape index (κ2) is 20.4. The number of nitrogens with two attached hydrogens (primary N) is 1. The fourth-order valence-corrected chi connectivity index (χ4v) is 8.86. The lowest BCUT2D eigenvalue weighted by Crippen LogP contribution is -2.59. The molecule has 0 bridgehead atoms. The molecule has 1 aromatic heterocycles. The number of fused-ring (bicyclic) bond motifs is 1. The minimum atomic E-state index is -1.19. The van der Waals surface area contributed by atoms with Crippen molar-refractivity contribution in [1.29, 1.82) is 0 Å². The fourth-order valence-electron chi connectivity index (χ4n) is 6.07. The fraction of sp³-hybridized carbons (Fsp3) is 0.500. The summed E-state index contributed by atoms with van der Waals surface area (Å²) in [6.45, 7) is 5.49. The van der Waals surface area contributed by atoms with Gasteiger partial charge in [0.25, 0.3) is 0 Å². The molecular weight excluding hydrogens is 717 g/mol. The summed E-state index contributed by atoms with van der Waals surface area (Å²) in [5, 5.41) is 32.5. The third-order valence-corrected chi connectivity index (χ3v) is 12.0. The van der Waals surface area contributed by atoms with E-state index < -0.39 is 53.9 Å². The lowest BCUT2D eigenvalue weighted by Gasteiger charge is -2.28. The summed E-state index contributed by atoms with van der Waals surface area (Å²) in [6, 6.07) is 9.31. The maximum absolute atomic E-state index is 14.3. The molecule has 1 saturated heterocycles. The van der Waals surface area contributed by atoms with E-state index in [0.29, 0.717) is 36.5 Å². The van der Waals surface area contributed by atoms with Crippen molar-refractivity contribution in [2.75, 3.05) is 18.1 Å². The van der Waals surface area contributed by atoms with Gasteiger partial charge in [-0.3, -0.25) is 24.0 Å². The summed E-state index contributed by atoms with van der Waals surface area (Å²) in [5.41, 5.74) is 8.00. The molecule has 2 aromatic carbocycles. The van der Waals surface area contributed by atoms with Gasteiger partial charge in [0.15, 0.2) is 5.78 Å². The number of benzene rings is 2. The molecule has 1 fully saturated rings. The van der Waals surface area contributed by atoms with Crippen LogP contribution in [0.25, 0.3) is 10.9 Å². The van der Waals surface area contributed by atoms with Gasteiger partial charge in [-0.2, -0.15) is 0 Å². The molecule has 0 radical (unpaired) electrons. The number of phenols is 1. The van der Waals surface area contributed by atoms with E-state index in [1.165, 1.54) is 40.6 Å². The van der Waals surface area contributed by atoms with Gasteiger partial charge >= 0.3 is 0 Å². The van der Waals surface area contributed by atoms with Crippen molar-refractivity contribution in [1.82, 2.24) is 26.3 Å². The first-order chi connectivity index (χ1) is 25.4. The molecule has 13 nitrogen and oxygen atoms in total. The highest BCUT2D eigenvalue weighted by Gasteiger charge is 2.34. The van der Waals surface area contributed by atoms with Crippen molar-refractivity contribution in [2.24, 2.45) is 17.6 Å². The van der Waals surface area contributed by atoms with E-state index in [1.54, 1.807) is 25.3 Å². The molecule has 9 N–H and O–H groups in total. The number of aromatic amines is 1. The standard InChI is InChI=1S/C38H52N6O7S2/c1-22-16-33(47)34(24(3)45)44-36(49)30(10-6-7-15-39)41-38(51)32(18-26-19-40-29-9-5-4-8-28(26)29)43-37(50)31(17-25-11-13-27(46)14-12-25)42-35(48)23(2)21-53-52-20-22/h4-5,8-9,11-14,19,22-24,30-32,34,40,45-46H,6-7,10,15-18,20-21,39H2,1-3H3,(H,41,51)(H,42,48)(H,43,50)(H,44,49)/t22?,23?,24?,30-,31-,32?,34-/m0/s1. The summed E-state index contributed by atoms with van der Waals surface area (Å²) in [4.78, 5) is 72.3. The number of nitrogens with one attached hydrogen (secondary N) is 5. The number of hydrogen-bond acceptors (Lipinski definition) is 10. The number of aromatic hydroxyl groups is 1. The molecule has 1 aliphatic heterocycles. The SMILES string of the molecule is CC1CSSCC(C)C(=O)N[C@@H](Cc2ccc(O)cc2)C(=O)NC(Cc2c[nH]c3ccccc23)C(=O)N[C@@H](CCCCN)C(=O)N[C@@H](C(C)O)C(=O)C1. The number of aliphatic hydroxyl groups excluding tert-OH is 1. The molecular formula is C38H52N6O7S2. The Labute approximate surface area is 318 Å². The number of Topliss-reactive ketones (excluding diaryl/α,β-unsaturated/α-hetero) is 1. The number of carbonyl (C=O) groups excluding carboxylic acids is 5. The minimum absolute atomic E-state index is 0.0511. The van der Waals surface area contributed by atoms with Crippen LogP contribution in [-0.2, 0) is 36.8 Å². The lowest BCUT2D eigenvalue weighted by molar-refractivity contribution is -0.135. The predicted molar refractivity (Wildman–Crippen MR) is 209 cm³/mol. The maximum atomic E-state index is 14.3. The van der Waals surface area contributed by atoms with Gasteiger partial charge in [0.05, 0.1) is 6.10 Å². The molecule has 15 heteroatoms. The number of hydrogen-bond donors (Lipinski definition) is 8. The number of carbonyl (C=O) groups is 5. The van der Waals surface area contributed by atoms with Crippen molar-refractivity contribution in [3.8, 4) is 5.75 Å². The normalized spacial score (nSPS) is 25.2. The monoisotopic (exact) mass is 768 g/mol. The largest absolute Gasteiger partial charge is 0.508 e. The Kier molecular flexibility index (Phi) is 16.1. The van der Waals surface area contributed by atoms with Gasteiger partial charge in [-0.05, 0) is 68.0 Å². The highest BCUT2D eigenvalue weighted by Crippen LogP contribution is 2.28. The number of aromatic nitrogens is 1. The van der Waals surface area contributed by atoms with Gasteiger partial charge in [0, 0.05) is 53.8 Å². The van der Waals surface area contributed by atoms with Crippen molar-refractivity contribution < 1.29 is 34.2 Å². The number of aliphatic hydroxyl groups is 1. The van der Waals surface area contributed by atoms with Gasteiger partial charge in [-0.15, -0.1) is 0 Å². The molecule has 1 aliphatic rings. The van der Waals surface area contributed by atoms with Gasteiger partial charge in [0.2, 0.25) is 23.6 Å².